The van der Waals surface area contributed by atoms with E-state index in [2.05, 4.69) is 0 Å². The van der Waals surface area contributed by atoms with Crippen molar-refractivity contribution in [1.82, 2.24) is 0 Å². The third kappa shape index (κ3) is 4.75. The van der Waals surface area contributed by atoms with Crippen molar-refractivity contribution in [1.29, 1.82) is 0 Å². The lowest BCUT2D eigenvalue weighted by molar-refractivity contribution is -0.143. The predicted molar refractivity (Wildman–Crippen MR) is 81.0 cm³/mol. The number of hydrogen-bond donors (Lipinski definition) is 0. The van der Waals surface area contributed by atoms with Crippen LogP contribution in [0.15, 0.2) is 36.4 Å². The molecule has 0 fully saturated rings. The van der Waals surface area contributed by atoms with E-state index >= 15 is 0 Å². The van der Waals surface area contributed by atoms with E-state index in [9.17, 15) is 39.5 Å². The van der Waals surface area contributed by atoms with Crippen LogP contribution in [0.4, 0.5) is 39.5 Å². The summed E-state index contributed by atoms with van der Waals surface area (Å²) >= 11 is 0. The molecule has 0 aliphatic rings. The molecule has 0 saturated carbocycles. The van der Waals surface area contributed by atoms with Gasteiger partial charge in [-0.2, -0.15) is 39.5 Å². The SMILES string of the molecule is CC(C)c1ccc(C(F)(F)F)cc1-c1cc(C(F)(F)F)cc(C(F)(F)F)c1. The van der Waals surface area contributed by atoms with Crippen LogP contribution >= 0.6 is 0 Å². The fourth-order valence-corrected chi connectivity index (χ4v) is 2.60. The van der Waals surface area contributed by atoms with Crippen LogP contribution in [0.25, 0.3) is 11.1 Å². The van der Waals surface area contributed by atoms with E-state index in [1.54, 1.807) is 13.8 Å². The summed E-state index contributed by atoms with van der Waals surface area (Å²) < 4.78 is 117. The Labute approximate surface area is 148 Å². The first-order valence-corrected chi connectivity index (χ1v) is 7.61. The van der Waals surface area contributed by atoms with Gasteiger partial charge in [-0.15, -0.1) is 0 Å². The van der Waals surface area contributed by atoms with Crippen molar-refractivity contribution in [2.24, 2.45) is 0 Å². The minimum atomic E-state index is -5.09. The summed E-state index contributed by atoms with van der Waals surface area (Å²) in [7, 11) is 0. The molecule has 0 heterocycles. The van der Waals surface area contributed by atoms with Crippen molar-refractivity contribution in [3.8, 4) is 11.1 Å². The fourth-order valence-electron chi connectivity index (χ4n) is 2.60. The second-order valence-corrected chi connectivity index (χ2v) is 6.25. The van der Waals surface area contributed by atoms with Crippen molar-refractivity contribution in [2.45, 2.75) is 38.3 Å². The van der Waals surface area contributed by atoms with Gasteiger partial charge < -0.3 is 0 Å². The standard InChI is InChI=1S/C18H13F9/c1-9(2)14-4-3-11(16(19,20)21)8-15(14)10-5-12(17(22,23)24)7-13(6-10)18(25,26)27/h3-9H,1-2H3. The molecule has 0 aliphatic heterocycles. The van der Waals surface area contributed by atoms with Crippen LogP contribution in [0.3, 0.4) is 0 Å². The van der Waals surface area contributed by atoms with Gasteiger partial charge in [0.05, 0.1) is 16.7 Å². The van der Waals surface area contributed by atoms with Crippen LogP contribution in [0.5, 0.6) is 0 Å². The lowest BCUT2D eigenvalue weighted by atomic mass is 9.89. The zero-order valence-corrected chi connectivity index (χ0v) is 13.9. The Morgan fingerprint density at radius 2 is 1.04 bits per heavy atom. The fraction of sp³-hybridized carbons (Fsp3) is 0.333. The highest BCUT2D eigenvalue weighted by Crippen LogP contribution is 2.41. The van der Waals surface area contributed by atoms with Crippen LogP contribution < -0.4 is 0 Å². The molecule has 27 heavy (non-hydrogen) atoms. The van der Waals surface area contributed by atoms with Crippen LogP contribution in [0.1, 0.15) is 42.0 Å². The summed E-state index contributed by atoms with van der Waals surface area (Å²) in [5.41, 5.74) is -5.02. The summed E-state index contributed by atoms with van der Waals surface area (Å²) in [6.07, 6.45) is -15.0. The number of rotatable bonds is 2. The molecular weight excluding hydrogens is 387 g/mol. The van der Waals surface area contributed by atoms with Gasteiger partial charge in [-0.3, -0.25) is 0 Å². The Morgan fingerprint density at radius 3 is 1.41 bits per heavy atom. The van der Waals surface area contributed by atoms with E-state index < -0.39 is 46.7 Å². The van der Waals surface area contributed by atoms with Crippen LogP contribution in [0, 0.1) is 0 Å². The predicted octanol–water partition coefficient (Wildman–Crippen LogP) is 7.53. The van der Waals surface area contributed by atoms with Crippen LogP contribution in [-0.4, -0.2) is 0 Å². The first-order chi connectivity index (χ1) is 12.1. The van der Waals surface area contributed by atoms with Gasteiger partial charge >= 0.3 is 18.5 Å². The topological polar surface area (TPSA) is 0 Å². The molecule has 0 N–H and O–H groups in total. The molecule has 2 aromatic carbocycles. The third-order valence-corrected chi connectivity index (χ3v) is 3.90. The smallest absolute Gasteiger partial charge is 0.166 e. The summed E-state index contributed by atoms with van der Waals surface area (Å²) in [5.74, 6) is -0.425. The van der Waals surface area contributed by atoms with Gasteiger partial charge in [0.1, 0.15) is 0 Å². The molecule has 148 valence electrons. The summed E-state index contributed by atoms with van der Waals surface area (Å²) in [4.78, 5) is 0. The Hall–Kier alpha value is -2.19. The molecule has 0 unspecified atom stereocenters. The molecule has 0 nitrogen and oxygen atoms in total. The van der Waals surface area contributed by atoms with Crippen molar-refractivity contribution in [3.63, 3.8) is 0 Å². The second-order valence-electron chi connectivity index (χ2n) is 6.25. The molecule has 0 aromatic heterocycles. The Morgan fingerprint density at radius 1 is 0.593 bits per heavy atom. The van der Waals surface area contributed by atoms with E-state index in [4.69, 9.17) is 0 Å². The first kappa shape index (κ1) is 21.1. The molecule has 0 aliphatic carbocycles. The van der Waals surface area contributed by atoms with Crippen molar-refractivity contribution in [3.05, 3.63) is 58.7 Å². The molecule has 2 rings (SSSR count). The van der Waals surface area contributed by atoms with Crippen molar-refractivity contribution < 1.29 is 39.5 Å². The van der Waals surface area contributed by atoms with Gasteiger partial charge in [0.15, 0.2) is 0 Å². The minimum Gasteiger partial charge on any atom is -0.166 e. The highest BCUT2D eigenvalue weighted by Gasteiger charge is 2.37. The molecule has 0 radical (unpaired) electrons. The van der Waals surface area contributed by atoms with Crippen molar-refractivity contribution >= 4 is 0 Å². The molecule has 0 atom stereocenters. The zero-order valence-electron chi connectivity index (χ0n) is 13.9. The van der Waals surface area contributed by atoms with Gasteiger partial charge in [-0.25, -0.2) is 0 Å². The summed E-state index contributed by atoms with van der Waals surface area (Å²) in [5, 5.41) is 0. The number of halogens is 9. The van der Waals surface area contributed by atoms with Gasteiger partial charge in [0.2, 0.25) is 0 Å². The van der Waals surface area contributed by atoms with E-state index in [0.717, 1.165) is 12.1 Å². The largest absolute Gasteiger partial charge is 0.416 e. The molecule has 0 bridgehead atoms. The average molecular weight is 400 g/mol. The first-order valence-electron chi connectivity index (χ1n) is 7.61. The molecule has 0 amide bonds. The van der Waals surface area contributed by atoms with Crippen LogP contribution in [0.2, 0.25) is 0 Å². The van der Waals surface area contributed by atoms with E-state index in [0.29, 0.717) is 18.2 Å². The number of benzene rings is 2. The summed E-state index contributed by atoms with van der Waals surface area (Å²) in [6, 6.07) is 3.18. The zero-order chi connectivity index (χ0) is 20.8. The summed E-state index contributed by atoms with van der Waals surface area (Å²) in [6.45, 7) is 3.15. The maximum atomic E-state index is 13.0. The van der Waals surface area contributed by atoms with Crippen molar-refractivity contribution in [2.75, 3.05) is 0 Å². The molecular formula is C18H13F9. The van der Waals surface area contributed by atoms with E-state index in [-0.39, 0.29) is 17.2 Å². The highest BCUT2D eigenvalue weighted by molar-refractivity contribution is 5.71. The normalized spacial score (nSPS) is 13.3. The highest BCUT2D eigenvalue weighted by atomic mass is 19.4. The third-order valence-electron chi connectivity index (χ3n) is 3.90. The van der Waals surface area contributed by atoms with E-state index in [1.165, 1.54) is 0 Å². The van der Waals surface area contributed by atoms with Gasteiger partial charge in [0, 0.05) is 0 Å². The maximum absolute atomic E-state index is 13.0. The van der Waals surface area contributed by atoms with E-state index in [1.807, 2.05) is 0 Å². The minimum absolute atomic E-state index is 0.0633. The monoisotopic (exact) mass is 400 g/mol. The number of alkyl halides is 9. The number of hydrogen-bond acceptors (Lipinski definition) is 0. The molecule has 9 heteroatoms. The van der Waals surface area contributed by atoms with Crippen LogP contribution in [-0.2, 0) is 18.5 Å². The average Bonchev–Trinajstić information content (AvgIpc) is 2.51. The molecule has 2 aromatic rings. The van der Waals surface area contributed by atoms with Gasteiger partial charge in [0.25, 0.3) is 0 Å². The lowest BCUT2D eigenvalue weighted by Gasteiger charge is -2.19. The van der Waals surface area contributed by atoms with Gasteiger partial charge in [-0.05, 0) is 52.9 Å². The Kier molecular flexibility index (Phi) is 5.29. The lowest BCUT2D eigenvalue weighted by Crippen LogP contribution is -2.12. The second kappa shape index (κ2) is 6.76. The Balaban J connectivity index is 2.83. The quantitative estimate of drug-likeness (QED) is 0.457. The van der Waals surface area contributed by atoms with Gasteiger partial charge in [-0.1, -0.05) is 19.9 Å². The molecule has 0 saturated heterocycles. The molecule has 0 spiro atoms. The maximum Gasteiger partial charge on any atom is 0.416 e. The Bertz CT molecular complexity index is 792.